The lowest BCUT2D eigenvalue weighted by Crippen LogP contribution is -2.43. The van der Waals surface area contributed by atoms with Gasteiger partial charge in [0, 0.05) is 26.7 Å². The Hall–Kier alpha value is -1.67. The summed E-state index contributed by atoms with van der Waals surface area (Å²) in [5, 5.41) is 14.0. The largest absolute Gasteiger partial charge is 0.395 e. The summed E-state index contributed by atoms with van der Waals surface area (Å²) in [5.74, 6) is -0.141. The molecule has 0 aromatic carbocycles. The minimum Gasteiger partial charge on any atom is -0.395 e. The van der Waals surface area contributed by atoms with Crippen molar-refractivity contribution in [2.24, 2.45) is 5.10 Å². The molecule has 0 aliphatic heterocycles. The minimum atomic E-state index is -0.341. The van der Waals surface area contributed by atoms with Crippen LogP contribution in [0.25, 0.3) is 0 Å². The Balaban J connectivity index is 0. The van der Waals surface area contributed by atoms with E-state index in [4.69, 9.17) is 5.11 Å². The predicted octanol–water partition coefficient (Wildman–Crippen LogP) is -1.46. The Labute approximate surface area is 94.5 Å². The maximum atomic E-state index is 10.4. The van der Waals surface area contributed by atoms with Gasteiger partial charge in [-0.3, -0.25) is 10.2 Å². The summed E-state index contributed by atoms with van der Waals surface area (Å²) in [6, 6.07) is -0.341. The Morgan fingerprint density at radius 2 is 2.06 bits per heavy atom. The molecule has 0 aliphatic rings. The lowest BCUT2D eigenvalue weighted by Gasteiger charge is -2.02. The lowest BCUT2D eigenvalue weighted by atomic mass is 10.7. The number of carbonyl (C=O) groups excluding carboxylic acids is 2. The first-order valence-corrected chi connectivity index (χ1v) is 4.64. The number of amides is 3. The van der Waals surface area contributed by atoms with Crippen LogP contribution in [0.5, 0.6) is 0 Å². The molecule has 5 N–H and O–H groups in total. The molecule has 0 saturated heterocycles. The zero-order chi connectivity index (χ0) is 12.8. The van der Waals surface area contributed by atoms with Crippen molar-refractivity contribution in [2.75, 3.05) is 20.2 Å². The van der Waals surface area contributed by atoms with Gasteiger partial charge in [0.25, 0.3) is 0 Å². The summed E-state index contributed by atoms with van der Waals surface area (Å²) in [7, 11) is 1.58. The predicted molar refractivity (Wildman–Crippen MR) is 60.7 cm³/mol. The number of carbonyl (C=O) groups is 2. The van der Waals surface area contributed by atoms with Crippen LogP contribution >= 0.6 is 0 Å². The summed E-state index contributed by atoms with van der Waals surface area (Å²) < 4.78 is 0. The summed E-state index contributed by atoms with van der Waals surface area (Å²) >= 11 is 0. The van der Waals surface area contributed by atoms with Crippen molar-refractivity contribution in [1.29, 1.82) is 0 Å². The van der Waals surface area contributed by atoms with E-state index in [1.165, 1.54) is 13.1 Å². The van der Waals surface area contributed by atoms with Crippen LogP contribution in [-0.2, 0) is 4.79 Å². The van der Waals surface area contributed by atoms with Crippen molar-refractivity contribution >= 4 is 18.2 Å². The fourth-order valence-electron chi connectivity index (χ4n) is 0.483. The van der Waals surface area contributed by atoms with Gasteiger partial charge in [0.1, 0.15) is 0 Å². The van der Waals surface area contributed by atoms with Gasteiger partial charge < -0.3 is 10.4 Å². The highest BCUT2D eigenvalue weighted by molar-refractivity contribution is 5.73. The number of hydrazine groups is 1. The van der Waals surface area contributed by atoms with Gasteiger partial charge in [-0.2, -0.15) is 5.10 Å². The van der Waals surface area contributed by atoms with E-state index in [0.29, 0.717) is 0 Å². The van der Waals surface area contributed by atoms with Crippen molar-refractivity contribution in [3.05, 3.63) is 0 Å². The monoisotopic (exact) mass is 233 g/mol. The molecule has 0 bridgehead atoms. The van der Waals surface area contributed by atoms with Crippen LogP contribution in [0.1, 0.15) is 13.8 Å². The van der Waals surface area contributed by atoms with Crippen molar-refractivity contribution < 1.29 is 14.7 Å². The van der Waals surface area contributed by atoms with Crippen molar-refractivity contribution in [1.82, 2.24) is 21.6 Å². The number of hydrogen-bond donors (Lipinski definition) is 5. The third kappa shape index (κ3) is 18.2. The number of rotatable bonds is 4. The zero-order valence-corrected chi connectivity index (χ0v) is 9.70. The van der Waals surface area contributed by atoms with Gasteiger partial charge in [0.15, 0.2) is 0 Å². The molecular weight excluding hydrogens is 214 g/mol. The number of nitrogens with zero attached hydrogens (tertiary/aromatic N) is 1. The van der Waals surface area contributed by atoms with Crippen LogP contribution < -0.4 is 21.6 Å². The summed E-state index contributed by atoms with van der Waals surface area (Å²) in [6.07, 6.45) is 1.52. The van der Waals surface area contributed by atoms with Gasteiger partial charge in [0.05, 0.1) is 6.61 Å². The Bertz CT molecular complexity index is 220. The lowest BCUT2D eigenvalue weighted by molar-refractivity contribution is -0.118. The van der Waals surface area contributed by atoms with Crippen LogP contribution in [0.3, 0.4) is 0 Å². The third-order valence-corrected chi connectivity index (χ3v) is 0.987. The van der Waals surface area contributed by atoms with E-state index in [-0.39, 0.29) is 25.1 Å². The van der Waals surface area contributed by atoms with E-state index >= 15 is 0 Å². The number of hydrazone groups is 1. The molecule has 3 amide bonds. The Morgan fingerprint density at radius 3 is 2.38 bits per heavy atom. The van der Waals surface area contributed by atoms with Crippen molar-refractivity contribution in [3.63, 3.8) is 0 Å². The molecule has 0 radical (unpaired) electrons. The van der Waals surface area contributed by atoms with E-state index in [1.54, 1.807) is 14.0 Å². The van der Waals surface area contributed by atoms with Crippen LogP contribution in [-0.4, -0.2) is 43.5 Å². The topological polar surface area (TPSA) is 115 Å². The second-order valence-electron chi connectivity index (χ2n) is 2.41. The summed E-state index contributed by atoms with van der Waals surface area (Å²) in [5.41, 5.74) is 6.93. The molecule has 0 atom stereocenters. The van der Waals surface area contributed by atoms with Crippen LogP contribution in [0, 0.1) is 0 Å². The average molecular weight is 233 g/mol. The van der Waals surface area contributed by atoms with Crippen molar-refractivity contribution in [2.45, 2.75) is 13.8 Å². The van der Waals surface area contributed by atoms with E-state index in [1.807, 2.05) is 0 Å². The van der Waals surface area contributed by atoms with E-state index in [0.717, 1.165) is 0 Å². The highest BCUT2D eigenvalue weighted by Crippen LogP contribution is 1.58. The normalized spacial score (nSPS) is 9.00. The molecule has 8 heteroatoms. The summed E-state index contributed by atoms with van der Waals surface area (Å²) in [4.78, 5) is 20.4. The first kappa shape index (κ1) is 16.7. The van der Waals surface area contributed by atoms with Gasteiger partial charge >= 0.3 is 6.03 Å². The number of hydrogen-bond acceptors (Lipinski definition) is 5. The second-order valence-corrected chi connectivity index (χ2v) is 2.41. The molecule has 0 unspecified atom stereocenters. The molecule has 0 saturated carbocycles. The number of aliphatic hydroxyl groups is 1. The van der Waals surface area contributed by atoms with E-state index in [9.17, 15) is 9.59 Å². The molecule has 16 heavy (non-hydrogen) atoms. The fraction of sp³-hybridized carbons (Fsp3) is 0.625. The van der Waals surface area contributed by atoms with Gasteiger partial charge in [-0.05, 0) is 6.92 Å². The highest BCUT2D eigenvalue weighted by atomic mass is 16.3. The average Bonchev–Trinajstić information content (AvgIpc) is 2.25. The molecule has 94 valence electrons. The van der Waals surface area contributed by atoms with E-state index < -0.39 is 0 Å². The molecule has 0 aromatic rings. The van der Waals surface area contributed by atoms with Crippen LogP contribution in [0.15, 0.2) is 5.10 Å². The second kappa shape index (κ2) is 13.3. The van der Waals surface area contributed by atoms with Gasteiger partial charge in [-0.25, -0.2) is 15.6 Å². The van der Waals surface area contributed by atoms with Crippen LogP contribution in [0.4, 0.5) is 4.79 Å². The molecule has 0 spiro atoms. The molecule has 0 fully saturated rings. The smallest absolute Gasteiger partial charge is 0.329 e. The standard InChI is InChI=1S/C4H11N3O2.C4H8N2O/c1-5-7-4(9)6-2-3-8;1-3-5-6-4(2)7/h5,8H,2-3H2,1H3,(H2,6,7,9);3H,1-2H3,(H,6,7). The van der Waals surface area contributed by atoms with Crippen LogP contribution in [0.2, 0.25) is 0 Å². The maximum absolute atomic E-state index is 10.4. The molecule has 0 aromatic heterocycles. The SMILES string of the molecule is CC=NNC(C)=O.CNNC(=O)NCCO. The summed E-state index contributed by atoms with van der Waals surface area (Å²) in [6.45, 7) is 3.37. The first-order valence-electron chi connectivity index (χ1n) is 4.64. The zero-order valence-electron chi connectivity index (χ0n) is 9.70. The molecular formula is C8H19N5O3. The minimum absolute atomic E-state index is 0.0445. The van der Waals surface area contributed by atoms with Gasteiger partial charge in [-0.1, -0.05) is 0 Å². The fourth-order valence-corrected chi connectivity index (χ4v) is 0.483. The molecule has 0 aliphatic carbocycles. The molecule has 8 nitrogen and oxygen atoms in total. The number of nitrogens with one attached hydrogen (secondary N) is 4. The van der Waals surface area contributed by atoms with Gasteiger partial charge in [-0.15, -0.1) is 0 Å². The third-order valence-electron chi connectivity index (χ3n) is 0.987. The Morgan fingerprint density at radius 1 is 1.44 bits per heavy atom. The Kier molecular flexibility index (Phi) is 14.0. The first-order chi connectivity index (χ1) is 7.58. The highest BCUT2D eigenvalue weighted by Gasteiger charge is 1.92. The quantitative estimate of drug-likeness (QED) is 0.301. The van der Waals surface area contributed by atoms with Crippen molar-refractivity contribution in [3.8, 4) is 0 Å². The van der Waals surface area contributed by atoms with E-state index in [2.05, 4.69) is 26.7 Å². The maximum Gasteiger partial charge on any atom is 0.329 e. The van der Waals surface area contributed by atoms with Gasteiger partial charge in [0.2, 0.25) is 5.91 Å². The number of aliphatic hydroxyl groups excluding tert-OH is 1. The molecule has 0 heterocycles. The molecule has 0 rings (SSSR count). The number of urea groups is 1.